The molecule has 0 aliphatic carbocycles. The van der Waals surface area contributed by atoms with E-state index in [1.54, 1.807) is 12.5 Å². The summed E-state index contributed by atoms with van der Waals surface area (Å²) in [4.78, 5) is 27.0. The first-order valence-electron chi connectivity index (χ1n) is 5.91. The Hall–Kier alpha value is -1.47. The van der Waals surface area contributed by atoms with Crippen molar-refractivity contribution >= 4 is 23.2 Å². The number of thiazole rings is 1. The van der Waals surface area contributed by atoms with Gasteiger partial charge in [-0.3, -0.25) is 4.79 Å². The maximum absolute atomic E-state index is 11.9. The Morgan fingerprint density at radius 2 is 2.21 bits per heavy atom. The number of nitrogens with zero attached hydrogens (tertiary/aromatic N) is 1. The maximum atomic E-state index is 11.9. The third-order valence-electron chi connectivity index (χ3n) is 2.36. The summed E-state index contributed by atoms with van der Waals surface area (Å²) in [5.74, 6) is -1.32. The van der Waals surface area contributed by atoms with Crippen molar-refractivity contribution in [2.24, 2.45) is 5.92 Å². The fourth-order valence-electron chi connectivity index (χ4n) is 1.53. The first-order chi connectivity index (χ1) is 8.93. The van der Waals surface area contributed by atoms with Gasteiger partial charge in [0.2, 0.25) is 0 Å². The Balaban J connectivity index is 2.67. The number of ether oxygens (including phenoxy) is 1. The summed E-state index contributed by atoms with van der Waals surface area (Å²) >= 11 is 1.31. The molecule has 2 N–H and O–H groups in total. The molecule has 0 aromatic carbocycles. The monoisotopic (exact) mass is 286 g/mol. The molecular weight excluding hydrogens is 268 g/mol. The molecule has 0 fully saturated rings. The van der Waals surface area contributed by atoms with Crippen LogP contribution in [-0.4, -0.2) is 35.1 Å². The van der Waals surface area contributed by atoms with E-state index in [1.165, 1.54) is 11.3 Å². The number of hydrogen-bond acceptors (Lipinski definition) is 5. The number of carbonyl (C=O) groups excluding carboxylic acids is 1. The average molecular weight is 286 g/mol. The lowest BCUT2D eigenvalue weighted by atomic mass is 10.0. The number of aliphatic carboxylic acids is 1. The molecule has 0 spiro atoms. The molecule has 1 aromatic rings. The largest absolute Gasteiger partial charge is 0.480 e. The van der Waals surface area contributed by atoms with E-state index in [1.807, 2.05) is 13.8 Å². The van der Waals surface area contributed by atoms with Gasteiger partial charge < -0.3 is 15.2 Å². The molecule has 0 saturated carbocycles. The van der Waals surface area contributed by atoms with Crippen LogP contribution in [0, 0.1) is 5.92 Å². The Morgan fingerprint density at radius 1 is 1.53 bits per heavy atom. The topological polar surface area (TPSA) is 88.5 Å². The van der Waals surface area contributed by atoms with Crippen molar-refractivity contribution in [2.45, 2.75) is 32.9 Å². The molecule has 1 heterocycles. The van der Waals surface area contributed by atoms with Gasteiger partial charge in [0.05, 0.1) is 6.61 Å². The molecule has 6 nitrogen and oxygen atoms in total. The summed E-state index contributed by atoms with van der Waals surface area (Å²) in [6.07, 6.45) is 0.385. The van der Waals surface area contributed by atoms with E-state index >= 15 is 0 Å². The zero-order valence-electron chi connectivity index (χ0n) is 11.2. The second-order valence-corrected chi connectivity index (χ2v) is 5.50. The highest BCUT2D eigenvalue weighted by molar-refractivity contribution is 7.09. The smallest absolute Gasteiger partial charge is 0.326 e. The standard InChI is InChI=1S/C12H18N2O4S/c1-7(2)4-8(12(16)17)14-11(15)9-6-19-10(13-9)5-18-3/h6-8H,4-5H2,1-3H3,(H,14,15)(H,16,17)/t8-/m1/s1. The van der Waals surface area contributed by atoms with Gasteiger partial charge in [-0.2, -0.15) is 0 Å². The van der Waals surface area contributed by atoms with E-state index in [0.29, 0.717) is 18.0 Å². The van der Waals surface area contributed by atoms with Crippen LogP contribution >= 0.6 is 11.3 Å². The Bertz CT molecular complexity index is 445. The van der Waals surface area contributed by atoms with Crippen LogP contribution in [0.1, 0.15) is 35.8 Å². The minimum Gasteiger partial charge on any atom is -0.480 e. The lowest BCUT2D eigenvalue weighted by Crippen LogP contribution is -2.41. The van der Waals surface area contributed by atoms with Crippen LogP contribution in [0.3, 0.4) is 0 Å². The molecule has 1 aromatic heterocycles. The predicted octanol–water partition coefficient (Wildman–Crippen LogP) is 1.52. The van der Waals surface area contributed by atoms with Gasteiger partial charge in [0.25, 0.3) is 5.91 Å². The number of amides is 1. The number of carboxylic acids is 1. The Morgan fingerprint density at radius 3 is 2.74 bits per heavy atom. The highest BCUT2D eigenvalue weighted by atomic mass is 32.1. The lowest BCUT2D eigenvalue weighted by molar-refractivity contribution is -0.139. The van der Waals surface area contributed by atoms with Crippen molar-refractivity contribution in [3.05, 3.63) is 16.1 Å². The molecule has 1 amide bonds. The molecule has 0 bridgehead atoms. The van der Waals surface area contributed by atoms with E-state index in [-0.39, 0.29) is 11.6 Å². The fourth-order valence-corrected chi connectivity index (χ4v) is 2.27. The molecule has 1 atom stereocenters. The number of carbonyl (C=O) groups is 2. The second kappa shape index (κ2) is 7.20. The van der Waals surface area contributed by atoms with E-state index < -0.39 is 17.9 Å². The zero-order chi connectivity index (χ0) is 14.4. The van der Waals surface area contributed by atoms with Crippen molar-refractivity contribution in [3.63, 3.8) is 0 Å². The predicted molar refractivity (Wildman–Crippen MR) is 71.2 cm³/mol. The minimum atomic E-state index is -1.03. The van der Waals surface area contributed by atoms with Gasteiger partial charge in [-0.05, 0) is 12.3 Å². The van der Waals surface area contributed by atoms with Crippen LogP contribution in [0.5, 0.6) is 0 Å². The fraction of sp³-hybridized carbons (Fsp3) is 0.583. The molecule has 0 radical (unpaired) electrons. The third kappa shape index (κ3) is 4.96. The normalized spacial score (nSPS) is 12.4. The zero-order valence-corrected chi connectivity index (χ0v) is 12.0. The van der Waals surface area contributed by atoms with E-state index in [4.69, 9.17) is 9.84 Å². The van der Waals surface area contributed by atoms with E-state index in [9.17, 15) is 9.59 Å². The number of nitrogens with one attached hydrogen (secondary N) is 1. The Kier molecular flexibility index (Phi) is 5.91. The molecule has 0 aliphatic heterocycles. The molecule has 0 aliphatic rings. The number of rotatable bonds is 7. The molecule has 0 unspecified atom stereocenters. The van der Waals surface area contributed by atoms with Crippen molar-refractivity contribution in [3.8, 4) is 0 Å². The van der Waals surface area contributed by atoms with Crippen LogP contribution in [0.15, 0.2) is 5.38 Å². The quantitative estimate of drug-likeness (QED) is 0.793. The molecule has 1 rings (SSSR count). The summed E-state index contributed by atoms with van der Waals surface area (Å²) in [7, 11) is 1.55. The number of methoxy groups -OCH3 is 1. The summed E-state index contributed by atoms with van der Waals surface area (Å²) in [6.45, 7) is 4.15. The van der Waals surface area contributed by atoms with Crippen molar-refractivity contribution in [2.75, 3.05) is 7.11 Å². The van der Waals surface area contributed by atoms with Crippen LogP contribution in [0.4, 0.5) is 0 Å². The summed E-state index contributed by atoms with van der Waals surface area (Å²) < 4.78 is 4.91. The molecule has 7 heteroatoms. The highest BCUT2D eigenvalue weighted by Gasteiger charge is 2.22. The number of aromatic nitrogens is 1. The van der Waals surface area contributed by atoms with Gasteiger partial charge in [-0.15, -0.1) is 11.3 Å². The van der Waals surface area contributed by atoms with Crippen LogP contribution < -0.4 is 5.32 Å². The molecule has 106 valence electrons. The van der Waals surface area contributed by atoms with Crippen LogP contribution in [0.2, 0.25) is 0 Å². The molecule has 19 heavy (non-hydrogen) atoms. The van der Waals surface area contributed by atoms with Gasteiger partial charge in [0.15, 0.2) is 0 Å². The summed E-state index contributed by atoms with van der Waals surface area (Å²) in [6, 6.07) is -0.889. The second-order valence-electron chi connectivity index (χ2n) is 4.55. The van der Waals surface area contributed by atoms with Gasteiger partial charge in [-0.25, -0.2) is 9.78 Å². The minimum absolute atomic E-state index is 0.181. The highest BCUT2D eigenvalue weighted by Crippen LogP contribution is 2.12. The van der Waals surface area contributed by atoms with Crippen LogP contribution in [0.25, 0.3) is 0 Å². The summed E-state index contributed by atoms with van der Waals surface area (Å²) in [5, 5.41) is 13.8. The van der Waals surface area contributed by atoms with Gasteiger partial charge in [-0.1, -0.05) is 13.8 Å². The van der Waals surface area contributed by atoms with Crippen molar-refractivity contribution < 1.29 is 19.4 Å². The van der Waals surface area contributed by atoms with Gasteiger partial charge in [0.1, 0.15) is 16.7 Å². The number of hydrogen-bond donors (Lipinski definition) is 2. The van der Waals surface area contributed by atoms with Crippen molar-refractivity contribution in [1.82, 2.24) is 10.3 Å². The van der Waals surface area contributed by atoms with Crippen LogP contribution in [-0.2, 0) is 16.1 Å². The first-order valence-corrected chi connectivity index (χ1v) is 6.79. The van der Waals surface area contributed by atoms with Gasteiger partial charge >= 0.3 is 5.97 Å². The third-order valence-corrected chi connectivity index (χ3v) is 3.19. The summed E-state index contributed by atoms with van der Waals surface area (Å²) in [5.41, 5.74) is 0.229. The SMILES string of the molecule is COCc1nc(C(=O)N[C@H](CC(C)C)C(=O)O)cs1. The lowest BCUT2D eigenvalue weighted by Gasteiger charge is -2.15. The van der Waals surface area contributed by atoms with Gasteiger partial charge in [0, 0.05) is 12.5 Å². The Labute approximate surface area is 115 Å². The average Bonchev–Trinajstić information content (AvgIpc) is 2.76. The molecule has 0 saturated heterocycles. The molecular formula is C12H18N2O4S. The van der Waals surface area contributed by atoms with E-state index in [2.05, 4.69) is 10.3 Å². The van der Waals surface area contributed by atoms with E-state index in [0.717, 1.165) is 0 Å². The van der Waals surface area contributed by atoms with Crippen molar-refractivity contribution in [1.29, 1.82) is 0 Å². The maximum Gasteiger partial charge on any atom is 0.326 e. The number of carboxylic acid groups (broad SMARTS) is 1. The first kappa shape index (κ1) is 15.6.